The van der Waals surface area contributed by atoms with Crippen molar-refractivity contribution in [2.45, 2.75) is 26.4 Å². The first-order chi connectivity index (χ1) is 16.8. The van der Waals surface area contributed by atoms with Gasteiger partial charge < -0.3 is 15.0 Å². The largest absolute Gasteiger partial charge is 0.371 e. The number of nitrogens with one attached hydrogen (secondary N) is 1. The molecule has 0 saturated carbocycles. The van der Waals surface area contributed by atoms with E-state index in [9.17, 15) is 5.11 Å². The molecule has 0 bridgehead atoms. The zero-order valence-electron chi connectivity index (χ0n) is 19.4. The van der Waals surface area contributed by atoms with Crippen LogP contribution in [-0.2, 0) is 5.60 Å². The lowest BCUT2D eigenvalue weighted by atomic mass is 10.0. The summed E-state index contributed by atoms with van der Waals surface area (Å²) >= 11 is 7.54. The second-order valence-electron chi connectivity index (χ2n) is 8.40. The molecule has 1 unspecified atom stereocenters. The second-order valence-corrected chi connectivity index (χ2v) is 9.73. The van der Waals surface area contributed by atoms with E-state index in [1.807, 2.05) is 72.5 Å². The minimum atomic E-state index is -1.32. The number of hydrogen-bond acceptors (Lipinski definition) is 6. The molecule has 0 radical (unpaired) electrons. The molecule has 0 aliphatic heterocycles. The molecule has 2 aromatic carbocycles. The van der Waals surface area contributed by atoms with Crippen LogP contribution in [0.1, 0.15) is 28.6 Å². The van der Waals surface area contributed by atoms with Crippen molar-refractivity contribution in [3.8, 4) is 17.5 Å². The lowest BCUT2D eigenvalue weighted by molar-refractivity contribution is 0.122. The van der Waals surface area contributed by atoms with Crippen molar-refractivity contribution in [3.05, 3.63) is 93.2 Å². The Morgan fingerprint density at radius 3 is 2.71 bits per heavy atom. The van der Waals surface area contributed by atoms with E-state index in [2.05, 4.69) is 27.1 Å². The predicted molar refractivity (Wildman–Crippen MR) is 142 cm³/mol. The molecule has 0 spiro atoms. The van der Waals surface area contributed by atoms with Crippen LogP contribution in [0.4, 0.5) is 11.6 Å². The van der Waals surface area contributed by atoms with Crippen LogP contribution in [0.25, 0.3) is 16.7 Å². The normalized spacial score (nSPS) is 12.7. The first-order valence-corrected chi connectivity index (χ1v) is 12.2. The molecule has 5 aromatic rings. The Bertz CT molecular complexity index is 1600. The van der Waals surface area contributed by atoms with Gasteiger partial charge in [0.2, 0.25) is 5.95 Å². The summed E-state index contributed by atoms with van der Waals surface area (Å²) in [5, 5.41) is 18.0. The number of aromatic nitrogens is 4. The van der Waals surface area contributed by atoms with Gasteiger partial charge in [0.1, 0.15) is 10.7 Å². The third-order valence-corrected chi connectivity index (χ3v) is 6.88. The molecule has 35 heavy (non-hydrogen) atoms. The minimum Gasteiger partial charge on any atom is -0.371 e. The fraction of sp³-hybridized carbons (Fsp3) is 0.148. The van der Waals surface area contributed by atoms with Gasteiger partial charge in [-0.3, -0.25) is 0 Å². The monoisotopic (exact) mass is 499 g/mol. The highest BCUT2D eigenvalue weighted by Crippen LogP contribution is 2.26. The van der Waals surface area contributed by atoms with E-state index in [1.165, 1.54) is 11.3 Å². The Kier molecular flexibility index (Phi) is 6.03. The quantitative estimate of drug-likeness (QED) is 0.290. The van der Waals surface area contributed by atoms with E-state index in [4.69, 9.17) is 16.6 Å². The Labute approximate surface area is 212 Å². The Morgan fingerprint density at radius 2 is 1.91 bits per heavy atom. The van der Waals surface area contributed by atoms with Crippen molar-refractivity contribution in [2.75, 3.05) is 5.32 Å². The van der Waals surface area contributed by atoms with Crippen LogP contribution in [0.5, 0.6) is 0 Å². The highest BCUT2D eigenvalue weighted by Gasteiger charge is 2.23. The standard InChI is InChI=1S/C27H22ClN5OS/c1-17-5-7-22(14-19(17)8-10-27(3,34)25-29-11-13-35-25)33-12-9-20-16-30-26(32-24(20)33)31-23-15-21(28)6-4-18(23)2/h4-7,9,11-16,34H,1-3H3,(H,30,31,32). The summed E-state index contributed by atoms with van der Waals surface area (Å²) < 4.78 is 2.00. The average molecular weight is 500 g/mol. The van der Waals surface area contributed by atoms with Gasteiger partial charge in [-0.05, 0) is 62.2 Å². The lowest BCUT2D eigenvalue weighted by Gasteiger charge is -2.12. The summed E-state index contributed by atoms with van der Waals surface area (Å²) in [4.78, 5) is 13.4. The number of rotatable bonds is 4. The molecule has 3 aromatic heterocycles. The highest BCUT2D eigenvalue weighted by molar-refractivity contribution is 7.09. The lowest BCUT2D eigenvalue weighted by Crippen LogP contribution is -2.18. The van der Waals surface area contributed by atoms with Crippen molar-refractivity contribution in [2.24, 2.45) is 0 Å². The van der Waals surface area contributed by atoms with Crippen molar-refractivity contribution in [3.63, 3.8) is 0 Å². The van der Waals surface area contributed by atoms with Gasteiger partial charge >= 0.3 is 0 Å². The van der Waals surface area contributed by atoms with Crippen LogP contribution in [0.15, 0.2) is 66.4 Å². The van der Waals surface area contributed by atoms with Crippen LogP contribution < -0.4 is 5.32 Å². The molecule has 0 aliphatic rings. The summed E-state index contributed by atoms with van der Waals surface area (Å²) in [6.07, 6.45) is 5.42. The summed E-state index contributed by atoms with van der Waals surface area (Å²) in [7, 11) is 0. The summed E-state index contributed by atoms with van der Waals surface area (Å²) in [5.74, 6) is 6.60. The third kappa shape index (κ3) is 4.77. The first-order valence-electron chi connectivity index (χ1n) is 10.9. The molecule has 8 heteroatoms. The van der Waals surface area contributed by atoms with Crippen molar-refractivity contribution in [1.29, 1.82) is 0 Å². The number of thiazole rings is 1. The molecule has 0 fully saturated rings. The maximum Gasteiger partial charge on any atom is 0.229 e. The smallest absolute Gasteiger partial charge is 0.229 e. The molecule has 6 nitrogen and oxygen atoms in total. The van der Waals surface area contributed by atoms with E-state index in [-0.39, 0.29) is 0 Å². The molecule has 0 aliphatic carbocycles. The van der Waals surface area contributed by atoms with Gasteiger partial charge in [-0.2, -0.15) is 4.98 Å². The average Bonchev–Trinajstić information content (AvgIpc) is 3.52. The number of fused-ring (bicyclic) bond motifs is 1. The Balaban J connectivity index is 1.51. The Hall–Kier alpha value is -3.70. The van der Waals surface area contributed by atoms with Crippen LogP contribution in [-0.4, -0.2) is 24.6 Å². The number of nitrogens with zero attached hydrogens (tertiary/aromatic N) is 4. The summed E-state index contributed by atoms with van der Waals surface area (Å²) in [6, 6.07) is 13.7. The van der Waals surface area contributed by atoms with Crippen molar-refractivity contribution < 1.29 is 5.11 Å². The molecular formula is C27H22ClN5OS. The zero-order valence-corrected chi connectivity index (χ0v) is 20.9. The minimum absolute atomic E-state index is 0.481. The predicted octanol–water partition coefficient (Wildman–Crippen LogP) is 6.15. The fourth-order valence-corrected chi connectivity index (χ4v) is 4.46. The number of anilines is 2. The zero-order chi connectivity index (χ0) is 24.6. The number of aryl methyl sites for hydroxylation is 2. The van der Waals surface area contributed by atoms with Gasteiger partial charge in [-0.15, -0.1) is 11.3 Å². The topological polar surface area (TPSA) is 75.9 Å². The summed E-state index contributed by atoms with van der Waals surface area (Å²) in [6.45, 7) is 5.66. The summed E-state index contributed by atoms with van der Waals surface area (Å²) in [5.41, 5.74) is 4.10. The van der Waals surface area contributed by atoms with E-state index in [0.717, 1.165) is 39.1 Å². The molecule has 3 heterocycles. The molecule has 1 atom stereocenters. The van der Waals surface area contributed by atoms with Crippen LogP contribution >= 0.6 is 22.9 Å². The van der Waals surface area contributed by atoms with Gasteiger partial charge in [0.25, 0.3) is 0 Å². The molecule has 5 rings (SSSR count). The number of hydrogen-bond donors (Lipinski definition) is 2. The second kappa shape index (κ2) is 9.16. The fourth-order valence-electron chi connectivity index (χ4n) is 3.64. The van der Waals surface area contributed by atoms with Gasteiger partial charge in [-0.25, -0.2) is 9.97 Å². The SMILES string of the molecule is Cc1ccc(-n2ccc3cnc(Nc4cc(Cl)ccc4C)nc32)cc1C#CC(C)(O)c1nccs1. The maximum absolute atomic E-state index is 10.7. The van der Waals surface area contributed by atoms with E-state index < -0.39 is 5.60 Å². The van der Waals surface area contributed by atoms with Gasteiger partial charge in [0.15, 0.2) is 5.60 Å². The van der Waals surface area contributed by atoms with Crippen LogP contribution in [0.2, 0.25) is 5.02 Å². The molecule has 174 valence electrons. The first kappa shape index (κ1) is 23.1. The molecule has 2 N–H and O–H groups in total. The number of halogens is 1. The van der Waals surface area contributed by atoms with Crippen molar-refractivity contribution in [1.82, 2.24) is 19.5 Å². The third-order valence-electron chi connectivity index (χ3n) is 5.66. The van der Waals surface area contributed by atoms with Gasteiger partial charge in [-0.1, -0.05) is 35.6 Å². The van der Waals surface area contributed by atoms with E-state index >= 15 is 0 Å². The molecule has 0 saturated heterocycles. The Morgan fingerprint density at radius 1 is 1.09 bits per heavy atom. The van der Waals surface area contributed by atoms with E-state index in [1.54, 1.807) is 19.3 Å². The van der Waals surface area contributed by atoms with Gasteiger partial charge in [0.05, 0.1) is 0 Å². The number of benzene rings is 2. The maximum atomic E-state index is 10.7. The van der Waals surface area contributed by atoms with Crippen molar-refractivity contribution >= 4 is 45.6 Å². The van der Waals surface area contributed by atoms with E-state index in [0.29, 0.717) is 16.0 Å². The highest BCUT2D eigenvalue weighted by atomic mass is 35.5. The molecular weight excluding hydrogens is 478 g/mol. The number of aliphatic hydroxyl groups is 1. The van der Waals surface area contributed by atoms with Crippen LogP contribution in [0, 0.1) is 25.7 Å². The van der Waals surface area contributed by atoms with Crippen LogP contribution in [0.3, 0.4) is 0 Å². The molecule has 0 amide bonds. The van der Waals surface area contributed by atoms with Gasteiger partial charge in [0, 0.05) is 51.3 Å².